The molecule has 0 radical (unpaired) electrons. The van der Waals surface area contributed by atoms with Gasteiger partial charge in [-0.15, -0.1) is 0 Å². The van der Waals surface area contributed by atoms with Gasteiger partial charge >= 0.3 is 5.97 Å². The summed E-state index contributed by atoms with van der Waals surface area (Å²) in [6.45, 7) is 1.85. The maximum Gasteiger partial charge on any atom is 0.305 e. The molecule has 3 aromatic rings. The number of carbonyl (C=O) groups excluding carboxylic acids is 2. The molecule has 30 heavy (non-hydrogen) atoms. The van der Waals surface area contributed by atoms with Crippen LogP contribution >= 0.6 is 11.6 Å². The molecule has 0 bridgehead atoms. The van der Waals surface area contributed by atoms with Crippen LogP contribution in [0.25, 0.3) is 10.9 Å². The fraction of sp³-hybridized carbons (Fsp3) is 0.227. The lowest BCUT2D eigenvalue weighted by Crippen LogP contribution is -2.26. The van der Waals surface area contributed by atoms with Crippen LogP contribution < -0.4 is 5.32 Å². The number of carboxylic acids is 1. The lowest BCUT2D eigenvalue weighted by molar-refractivity contribution is -0.136. The van der Waals surface area contributed by atoms with Crippen LogP contribution in [0.4, 0.5) is 0 Å². The number of hydrogen-bond donors (Lipinski definition) is 3. The predicted molar refractivity (Wildman–Crippen MR) is 113 cm³/mol. The molecule has 0 fully saturated rings. The van der Waals surface area contributed by atoms with E-state index in [9.17, 15) is 19.5 Å². The van der Waals surface area contributed by atoms with Crippen LogP contribution in [0, 0.1) is 6.92 Å². The Labute approximate surface area is 177 Å². The Balaban J connectivity index is 1.92. The molecule has 3 N–H and O–H groups in total. The highest BCUT2D eigenvalue weighted by molar-refractivity contribution is 6.31. The van der Waals surface area contributed by atoms with Gasteiger partial charge in [0.1, 0.15) is 5.75 Å². The Bertz CT molecular complexity index is 1140. The van der Waals surface area contributed by atoms with Crippen molar-refractivity contribution >= 4 is 40.3 Å². The minimum atomic E-state index is -0.982. The van der Waals surface area contributed by atoms with E-state index in [-0.39, 0.29) is 37.0 Å². The van der Waals surface area contributed by atoms with Crippen molar-refractivity contribution in [2.45, 2.75) is 26.2 Å². The van der Waals surface area contributed by atoms with Gasteiger partial charge in [-0.3, -0.25) is 19.0 Å². The number of aliphatic carboxylic acids is 1. The van der Waals surface area contributed by atoms with Gasteiger partial charge < -0.3 is 15.5 Å². The molecule has 7 nitrogen and oxygen atoms in total. The number of aromatic nitrogens is 1. The quantitative estimate of drug-likeness (QED) is 0.533. The molecule has 0 aliphatic carbocycles. The largest absolute Gasteiger partial charge is 0.508 e. The van der Waals surface area contributed by atoms with Gasteiger partial charge in [0.2, 0.25) is 5.91 Å². The van der Waals surface area contributed by atoms with Crippen LogP contribution in [0.1, 0.15) is 34.5 Å². The first-order valence-electron chi connectivity index (χ1n) is 9.39. The highest BCUT2D eigenvalue weighted by Gasteiger charge is 2.21. The fourth-order valence-electron chi connectivity index (χ4n) is 3.43. The zero-order valence-electron chi connectivity index (χ0n) is 16.3. The van der Waals surface area contributed by atoms with Crippen molar-refractivity contribution in [3.63, 3.8) is 0 Å². The first-order chi connectivity index (χ1) is 14.3. The summed E-state index contributed by atoms with van der Waals surface area (Å²) >= 11 is 6.03. The maximum absolute atomic E-state index is 13.2. The van der Waals surface area contributed by atoms with E-state index in [2.05, 4.69) is 5.32 Å². The van der Waals surface area contributed by atoms with Crippen LogP contribution in [0.3, 0.4) is 0 Å². The fourth-order valence-corrected chi connectivity index (χ4v) is 3.63. The number of rotatable bonds is 7. The molecule has 0 aliphatic heterocycles. The van der Waals surface area contributed by atoms with Gasteiger partial charge in [-0.25, -0.2) is 0 Å². The van der Waals surface area contributed by atoms with Crippen LogP contribution in [0.5, 0.6) is 5.75 Å². The number of aryl methyl sites for hydroxylation is 1. The number of phenolic OH excluding ortho intramolecular Hbond substituents is 1. The van der Waals surface area contributed by atoms with Crippen molar-refractivity contribution in [3.8, 4) is 5.75 Å². The standard InChI is InChI=1S/C22H21ClN2O5/c1-13-17(6-8-20(27)24-10-9-21(28)29)18-12-16(26)5-7-19(18)25(13)22(30)14-3-2-4-15(23)11-14/h2-5,7,11-12,26H,6,8-10H2,1H3,(H,24,27)(H,28,29). The highest BCUT2D eigenvalue weighted by atomic mass is 35.5. The number of carbonyl (C=O) groups is 3. The Morgan fingerprint density at radius 3 is 2.57 bits per heavy atom. The van der Waals surface area contributed by atoms with Gasteiger partial charge in [0.15, 0.2) is 0 Å². The minimum Gasteiger partial charge on any atom is -0.508 e. The Morgan fingerprint density at radius 2 is 1.87 bits per heavy atom. The summed E-state index contributed by atoms with van der Waals surface area (Å²) in [7, 11) is 0. The summed E-state index contributed by atoms with van der Waals surface area (Å²) in [5.74, 6) is -1.47. The van der Waals surface area contributed by atoms with Crippen molar-refractivity contribution in [2.24, 2.45) is 0 Å². The lowest BCUT2D eigenvalue weighted by atomic mass is 10.1. The third-order valence-electron chi connectivity index (χ3n) is 4.86. The number of carboxylic acid groups (broad SMARTS) is 1. The van der Waals surface area contributed by atoms with Gasteiger partial charge in [0.25, 0.3) is 5.91 Å². The summed E-state index contributed by atoms with van der Waals surface area (Å²) in [5.41, 5.74) is 2.48. The Hall–Kier alpha value is -3.32. The average Bonchev–Trinajstić information content (AvgIpc) is 2.96. The average molecular weight is 429 g/mol. The number of nitrogens with one attached hydrogen (secondary N) is 1. The summed E-state index contributed by atoms with van der Waals surface area (Å²) in [6, 6.07) is 11.4. The molecule has 0 unspecified atom stereocenters. The molecule has 0 spiro atoms. The molecule has 0 aliphatic rings. The summed E-state index contributed by atoms with van der Waals surface area (Å²) in [4.78, 5) is 35.8. The third kappa shape index (κ3) is 4.63. The molecular weight excluding hydrogens is 408 g/mol. The molecule has 8 heteroatoms. The van der Waals surface area contributed by atoms with Gasteiger partial charge in [-0.05, 0) is 55.3 Å². The van der Waals surface area contributed by atoms with Crippen molar-refractivity contribution in [2.75, 3.05) is 6.54 Å². The topological polar surface area (TPSA) is 109 Å². The van der Waals surface area contributed by atoms with E-state index in [0.717, 1.165) is 5.56 Å². The number of halogens is 1. The molecule has 0 saturated heterocycles. The third-order valence-corrected chi connectivity index (χ3v) is 5.09. The molecule has 1 heterocycles. The SMILES string of the molecule is Cc1c(CCC(=O)NCCC(=O)O)c2cc(O)ccc2n1C(=O)c1cccc(Cl)c1. The smallest absolute Gasteiger partial charge is 0.305 e. The van der Waals surface area contributed by atoms with Gasteiger partial charge in [-0.1, -0.05) is 17.7 Å². The normalized spacial score (nSPS) is 10.9. The molecule has 0 atom stereocenters. The number of fused-ring (bicyclic) bond motifs is 1. The van der Waals surface area contributed by atoms with E-state index in [4.69, 9.17) is 16.7 Å². The first-order valence-corrected chi connectivity index (χ1v) is 9.77. The minimum absolute atomic E-state index is 0.0574. The van der Waals surface area contributed by atoms with Crippen molar-refractivity contribution in [1.29, 1.82) is 0 Å². The number of benzene rings is 2. The molecular formula is C22H21ClN2O5. The van der Waals surface area contributed by atoms with Crippen LogP contribution in [0.2, 0.25) is 5.02 Å². The number of aromatic hydroxyl groups is 1. The van der Waals surface area contributed by atoms with Gasteiger partial charge in [0, 0.05) is 34.6 Å². The highest BCUT2D eigenvalue weighted by Crippen LogP contribution is 2.31. The van der Waals surface area contributed by atoms with E-state index in [1.165, 1.54) is 6.07 Å². The van der Waals surface area contributed by atoms with E-state index < -0.39 is 5.97 Å². The van der Waals surface area contributed by atoms with Crippen molar-refractivity contribution < 1.29 is 24.6 Å². The predicted octanol–water partition coefficient (Wildman–Crippen LogP) is 3.52. The molecule has 1 aromatic heterocycles. The zero-order chi connectivity index (χ0) is 21.8. The molecule has 156 valence electrons. The summed E-state index contributed by atoms with van der Waals surface area (Å²) in [6.07, 6.45) is 0.313. The van der Waals surface area contributed by atoms with Gasteiger partial charge in [0.05, 0.1) is 11.9 Å². The Morgan fingerprint density at radius 1 is 1.10 bits per heavy atom. The monoisotopic (exact) mass is 428 g/mol. The van der Waals surface area contributed by atoms with Crippen LogP contribution in [-0.2, 0) is 16.0 Å². The second kappa shape index (κ2) is 9.00. The Kier molecular flexibility index (Phi) is 6.42. The number of amides is 1. The second-order valence-electron chi connectivity index (χ2n) is 6.91. The molecule has 2 aromatic carbocycles. The van der Waals surface area contributed by atoms with Crippen LogP contribution in [-0.4, -0.2) is 39.1 Å². The lowest BCUT2D eigenvalue weighted by Gasteiger charge is -2.08. The second-order valence-corrected chi connectivity index (χ2v) is 7.35. The number of phenols is 1. The molecule has 3 rings (SSSR count). The molecule has 1 amide bonds. The van der Waals surface area contributed by atoms with Crippen LogP contribution in [0.15, 0.2) is 42.5 Å². The number of hydrogen-bond acceptors (Lipinski definition) is 4. The van der Waals surface area contributed by atoms with Gasteiger partial charge in [-0.2, -0.15) is 0 Å². The first kappa shape index (κ1) is 21.4. The molecule has 0 saturated carbocycles. The summed E-state index contributed by atoms with van der Waals surface area (Å²) in [5, 5.41) is 22.3. The van der Waals surface area contributed by atoms with Crippen molar-refractivity contribution in [1.82, 2.24) is 9.88 Å². The summed E-state index contributed by atoms with van der Waals surface area (Å²) < 4.78 is 1.55. The van der Waals surface area contributed by atoms with E-state index >= 15 is 0 Å². The maximum atomic E-state index is 13.2. The van der Waals surface area contributed by atoms with Crippen molar-refractivity contribution in [3.05, 3.63) is 64.3 Å². The zero-order valence-corrected chi connectivity index (χ0v) is 17.1. The van der Waals surface area contributed by atoms with E-state index in [1.54, 1.807) is 47.9 Å². The number of nitrogens with zero attached hydrogens (tertiary/aromatic N) is 1. The van der Waals surface area contributed by atoms with E-state index in [0.29, 0.717) is 33.6 Å². The van der Waals surface area contributed by atoms with E-state index in [1.807, 2.05) is 0 Å².